The lowest BCUT2D eigenvalue weighted by Crippen LogP contribution is -2.24. The zero-order chi connectivity index (χ0) is 23.6. The van der Waals surface area contributed by atoms with Gasteiger partial charge >= 0.3 is 5.97 Å². The first-order valence-corrected chi connectivity index (χ1v) is 10.5. The van der Waals surface area contributed by atoms with Crippen molar-refractivity contribution in [1.29, 1.82) is 0 Å². The number of esters is 1. The Labute approximate surface area is 199 Å². The number of nitrogens with one attached hydrogen (secondary N) is 1. The van der Waals surface area contributed by atoms with E-state index < -0.39 is 11.9 Å². The lowest BCUT2D eigenvalue weighted by atomic mass is 10.2. The molecule has 0 radical (unpaired) electrons. The Bertz CT molecular complexity index is 1150. The number of carbonyl (C=O) groups is 2. The van der Waals surface area contributed by atoms with Gasteiger partial charge in [0.1, 0.15) is 11.5 Å². The van der Waals surface area contributed by atoms with E-state index in [4.69, 9.17) is 18.9 Å². The molecular formula is C24H21BrN2O6. The maximum Gasteiger partial charge on any atom is 0.343 e. The highest BCUT2D eigenvalue weighted by molar-refractivity contribution is 9.10. The van der Waals surface area contributed by atoms with Crippen molar-refractivity contribution in [2.24, 2.45) is 5.10 Å². The Morgan fingerprint density at radius 1 is 0.939 bits per heavy atom. The third-order valence-electron chi connectivity index (χ3n) is 4.31. The summed E-state index contributed by atoms with van der Waals surface area (Å²) in [5.41, 5.74) is 3.42. The van der Waals surface area contributed by atoms with E-state index in [2.05, 4.69) is 26.5 Å². The molecule has 8 nitrogen and oxygen atoms in total. The lowest BCUT2D eigenvalue weighted by Gasteiger charge is -2.09. The highest BCUT2D eigenvalue weighted by atomic mass is 79.9. The van der Waals surface area contributed by atoms with Crippen LogP contribution in [0.25, 0.3) is 0 Å². The van der Waals surface area contributed by atoms with E-state index in [1.165, 1.54) is 20.4 Å². The minimum absolute atomic E-state index is 0.176. The molecule has 0 aliphatic heterocycles. The molecule has 0 heterocycles. The predicted molar refractivity (Wildman–Crippen MR) is 126 cm³/mol. The normalized spacial score (nSPS) is 10.5. The number of hydrazone groups is 1. The minimum atomic E-state index is -0.533. The molecule has 3 aromatic rings. The molecule has 0 saturated heterocycles. The van der Waals surface area contributed by atoms with E-state index in [1.807, 2.05) is 18.2 Å². The molecule has 0 aliphatic carbocycles. The number of rotatable bonds is 9. The third kappa shape index (κ3) is 6.81. The summed E-state index contributed by atoms with van der Waals surface area (Å²) >= 11 is 3.35. The fourth-order valence-corrected chi connectivity index (χ4v) is 3.07. The van der Waals surface area contributed by atoms with Gasteiger partial charge in [-0.3, -0.25) is 4.79 Å². The second kappa shape index (κ2) is 11.7. The van der Waals surface area contributed by atoms with Crippen molar-refractivity contribution < 1.29 is 28.5 Å². The van der Waals surface area contributed by atoms with Crippen LogP contribution in [0, 0.1) is 0 Å². The number of hydrogen-bond acceptors (Lipinski definition) is 7. The molecule has 0 fully saturated rings. The Balaban J connectivity index is 1.50. The Morgan fingerprint density at radius 3 is 2.36 bits per heavy atom. The number of carbonyl (C=O) groups excluding carboxylic acids is 2. The summed E-state index contributed by atoms with van der Waals surface area (Å²) in [6.45, 7) is -0.176. The van der Waals surface area contributed by atoms with E-state index >= 15 is 0 Å². The van der Waals surface area contributed by atoms with Gasteiger partial charge in [0, 0.05) is 0 Å². The number of hydrogen-bond donors (Lipinski definition) is 1. The summed E-state index contributed by atoms with van der Waals surface area (Å²) in [5.74, 6) is 0.941. The number of methoxy groups -OCH3 is 2. The van der Waals surface area contributed by atoms with Crippen LogP contribution < -0.4 is 24.4 Å². The SMILES string of the molecule is COc1ccc(C(=O)Oc2ccc(C=NNC(=O)COc3ccccc3Br)cc2)cc1OC. The van der Waals surface area contributed by atoms with Crippen molar-refractivity contribution in [1.82, 2.24) is 5.43 Å². The molecule has 3 rings (SSSR count). The first-order valence-electron chi connectivity index (χ1n) is 9.73. The first-order chi connectivity index (χ1) is 16.0. The van der Waals surface area contributed by atoms with E-state index in [0.717, 1.165) is 4.47 Å². The average Bonchev–Trinajstić information content (AvgIpc) is 2.84. The number of amides is 1. The van der Waals surface area contributed by atoms with Crippen LogP contribution in [-0.2, 0) is 4.79 Å². The zero-order valence-corrected chi connectivity index (χ0v) is 19.5. The summed E-state index contributed by atoms with van der Waals surface area (Å²) in [6.07, 6.45) is 1.47. The second-order valence-electron chi connectivity index (χ2n) is 6.54. The molecular weight excluding hydrogens is 492 g/mol. The number of halogens is 1. The molecule has 0 atom stereocenters. The summed E-state index contributed by atoms with van der Waals surface area (Å²) in [4.78, 5) is 24.3. The monoisotopic (exact) mass is 512 g/mol. The number of nitrogens with zero attached hydrogens (tertiary/aromatic N) is 1. The van der Waals surface area contributed by atoms with Crippen LogP contribution in [-0.4, -0.2) is 38.9 Å². The van der Waals surface area contributed by atoms with Crippen molar-refractivity contribution in [2.75, 3.05) is 20.8 Å². The third-order valence-corrected chi connectivity index (χ3v) is 4.96. The van der Waals surface area contributed by atoms with Crippen molar-refractivity contribution in [3.63, 3.8) is 0 Å². The van der Waals surface area contributed by atoms with Gasteiger partial charge in [-0.15, -0.1) is 0 Å². The quantitative estimate of drug-likeness (QED) is 0.199. The Kier molecular flexibility index (Phi) is 8.43. The smallest absolute Gasteiger partial charge is 0.343 e. The number of ether oxygens (including phenoxy) is 4. The molecule has 3 aromatic carbocycles. The summed E-state index contributed by atoms with van der Waals surface area (Å²) in [5, 5.41) is 3.90. The maximum atomic E-state index is 12.4. The van der Waals surface area contributed by atoms with Gasteiger partial charge in [0.05, 0.1) is 30.5 Å². The molecule has 1 amide bonds. The van der Waals surface area contributed by atoms with E-state index in [1.54, 1.807) is 48.5 Å². The highest BCUT2D eigenvalue weighted by Gasteiger charge is 2.13. The Hall–Kier alpha value is -3.85. The van der Waals surface area contributed by atoms with Crippen LogP contribution >= 0.6 is 15.9 Å². The average molecular weight is 513 g/mol. The molecule has 0 saturated carbocycles. The van der Waals surface area contributed by atoms with Gasteiger partial charge in [-0.05, 0) is 76.1 Å². The number of benzene rings is 3. The van der Waals surface area contributed by atoms with Crippen molar-refractivity contribution in [3.8, 4) is 23.0 Å². The van der Waals surface area contributed by atoms with Crippen molar-refractivity contribution in [2.45, 2.75) is 0 Å². The predicted octanol–water partition coefficient (Wildman–Crippen LogP) is 4.21. The molecule has 9 heteroatoms. The minimum Gasteiger partial charge on any atom is -0.493 e. The molecule has 0 bridgehead atoms. The zero-order valence-electron chi connectivity index (χ0n) is 17.9. The van der Waals surface area contributed by atoms with Gasteiger partial charge in [-0.1, -0.05) is 12.1 Å². The van der Waals surface area contributed by atoms with Crippen LogP contribution in [0.2, 0.25) is 0 Å². The molecule has 0 aliphatic rings. The van der Waals surface area contributed by atoms with E-state index in [9.17, 15) is 9.59 Å². The van der Waals surface area contributed by atoms with Crippen LogP contribution in [0.5, 0.6) is 23.0 Å². The van der Waals surface area contributed by atoms with Crippen molar-refractivity contribution in [3.05, 3.63) is 82.3 Å². The molecule has 0 spiro atoms. The summed E-state index contributed by atoms with van der Waals surface area (Å²) in [7, 11) is 3.01. The van der Waals surface area contributed by atoms with Crippen LogP contribution in [0.15, 0.2) is 76.3 Å². The largest absolute Gasteiger partial charge is 0.493 e. The molecule has 170 valence electrons. The van der Waals surface area contributed by atoms with Crippen LogP contribution in [0.4, 0.5) is 0 Å². The maximum absolute atomic E-state index is 12.4. The van der Waals surface area contributed by atoms with E-state index in [0.29, 0.717) is 34.1 Å². The van der Waals surface area contributed by atoms with Gasteiger partial charge in [-0.2, -0.15) is 5.10 Å². The highest BCUT2D eigenvalue weighted by Crippen LogP contribution is 2.28. The second-order valence-corrected chi connectivity index (χ2v) is 7.39. The molecule has 0 aromatic heterocycles. The van der Waals surface area contributed by atoms with Crippen LogP contribution in [0.3, 0.4) is 0 Å². The standard InChI is InChI=1S/C24H21BrN2O6/c1-30-21-12-9-17(13-22(21)31-2)24(29)33-18-10-7-16(8-11-18)14-26-27-23(28)15-32-20-6-4-3-5-19(20)25/h3-14H,15H2,1-2H3,(H,27,28). The fourth-order valence-electron chi connectivity index (χ4n) is 2.67. The van der Waals surface area contributed by atoms with Gasteiger partial charge < -0.3 is 18.9 Å². The summed E-state index contributed by atoms with van der Waals surface area (Å²) < 4.78 is 21.9. The fraction of sp³-hybridized carbons (Fsp3) is 0.125. The van der Waals surface area contributed by atoms with E-state index in [-0.39, 0.29) is 6.61 Å². The molecule has 1 N–H and O–H groups in total. The topological polar surface area (TPSA) is 95.5 Å². The van der Waals surface area contributed by atoms with Gasteiger partial charge in [0.15, 0.2) is 18.1 Å². The number of para-hydroxylation sites is 1. The Morgan fingerprint density at radius 2 is 1.67 bits per heavy atom. The lowest BCUT2D eigenvalue weighted by molar-refractivity contribution is -0.123. The van der Waals surface area contributed by atoms with Gasteiger partial charge in [-0.25, -0.2) is 10.2 Å². The van der Waals surface area contributed by atoms with Gasteiger partial charge in [0.25, 0.3) is 5.91 Å². The van der Waals surface area contributed by atoms with Crippen LogP contribution in [0.1, 0.15) is 15.9 Å². The summed E-state index contributed by atoms with van der Waals surface area (Å²) in [6, 6.07) is 18.6. The first kappa shape index (κ1) is 23.8. The van der Waals surface area contributed by atoms with Crippen molar-refractivity contribution >= 4 is 34.0 Å². The molecule has 0 unspecified atom stereocenters. The van der Waals surface area contributed by atoms with Gasteiger partial charge in [0.2, 0.25) is 0 Å². The molecule has 33 heavy (non-hydrogen) atoms.